The van der Waals surface area contributed by atoms with Gasteiger partial charge in [-0.2, -0.15) is 0 Å². The molecule has 1 aromatic carbocycles. The standard InChI is InChI=1S/C22H22N4S3/c1-4-10-26-20(17-11-19(15(2)3)27-12-17)24-25-22(26)29-14-18-13-28-21(23-18)16-8-6-5-7-9-16/h4-9,11-13,15H,1,10,14H2,2-3H3. The Kier molecular flexibility index (Phi) is 6.28. The zero-order valence-corrected chi connectivity index (χ0v) is 18.9. The van der Waals surface area contributed by atoms with Crippen LogP contribution < -0.4 is 0 Å². The fraction of sp³-hybridized carbons (Fsp3) is 0.227. The van der Waals surface area contributed by atoms with Gasteiger partial charge in [0.2, 0.25) is 0 Å². The fourth-order valence-corrected chi connectivity index (χ4v) is 5.58. The number of nitrogens with zero attached hydrogens (tertiary/aromatic N) is 4. The highest BCUT2D eigenvalue weighted by atomic mass is 32.2. The van der Waals surface area contributed by atoms with Crippen molar-refractivity contribution in [2.24, 2.45) is 0 Å². The van der Waals surface area contributed by atoms with E-state index in [-0.39, 0.29) is 0 Å². The minimum absolute atomic E-state index is 0.516. The second-order valence-corrected chi connectivity index (χ2v) is 9.64. The minimum atomic E-state index is 0.516. The van der Waals surface area contributed by atoms with E-state index in [1.807, 2.05) is 24.3 Å². The molecular weight excluding hydrogens is 416 g/mol. The molecule has 4 aromatic rings. The maximum absolute atomic E-state index is 4.78. The molecule has 0 saturated carbocycles. The van der Waals surface area contributed by atoms with Gasteiger partial charge in [0.15, 0.2) is 11.0 Å². The molecule has 29 heavy (non-hydrogen) atoms. The van der Waals surface area contributed by atoms with Crippen molar-refractivity contribution >= 4 is 34.4 Å². The van der Waals surface area contributed by atoms with Crippen LogP contribution in [-0.4, -0.2) is 19.7 Å². The summed E-state index contributed by atoms with van der Waals surface area (Å²) in [7, 11) is 0. The summed E-state index contributed by atoms with van der Waals surface area (Å²) in [5.41, 5.74) is 3.34. The summed E-state index contributed by atoms with van der Waals surface area (Å²) in [6, 6.07) is 12.5. The molecule has 0 unspecified atom stereocenters. The summed E-state index contributed by atoms with van der Waals surface area (Å²) in [5, 5.41) is 15.2. The average molecular weight is 439 g/mol. The first-order chi connectivity index (χ1) is 14.2. The predicted octanol–water partition coefficient (Wildman–Crippen LogP) is 6.73. The second kappa shape index (κ2) is 9.07. The van der Waals surface area contributed by atoms with Crippen LogP contribution in [0.1, 0.15) is 30.3 Å². The van der Waals surface area contributed by atoms with E-state index >= 15 is 0 Å². The molecule has 0 amide bonds. The normalized spacial score (nSPS) is 11.3. The van der Waals surface area contributed by atoms with Gasteiger partial charge in [-0.3, -0.25) is 4.57 Å². The van der Waals surface area contributed by atoms with E-state index < -0.39 is 0 Å². The van der Waals surface area contributed by atoms with Gasteiger partial charge >= 0.3 is 0 Å². The van der Waals surface area contributed by atoms with Gasteiger partial charge in [-0.1, -0.05) is 62.0 Å². The van der Waals surface area contributed by atoms with Crippen molar-refractivity contribution in [3.8, 4) is 22.0 Å². The Balaban J connectivity index is 1.52. The Labute approximate surface area is 183 Å². The van der Waals surface area contributed by atoms with Crippen LogP contribution >= 0.6 is 34.4 Å². The van der Waals surface area contributed by atoms with E-state index in [0.29, 0.717) is 12.5 Å². The minimum Gasteiger partial charge on any atom is -0.298 e. The van der Waals surface area contributed by atoms with Crippen LogP contribution in [0.2, 0.25) is 0 Å². The number of benzene rings is 1. The van der Waals surface area contributed by atoms with Gasteiger partial charge in [-0.05, 0) is 12.0 Å². The number of thiazole rings is 1. The number of thiophene rings is 1. The lowest BCUT2D eigenvalue weighted by Crippen LogP contribution is -2.00. The SMILES string of the molecule is C=CCn1c(SCc2csc(-c3ccccc3)n2)nnc1-c1csc(C(C)C)c1. The molecule has 4 rings (SSSR count). The number of rotatable bonds is 8. The van der Waals surface area contributed by atoms with Crippen LogP contribution in [-0.2, 0) is 12.3 Å². The monoisotopic (exact) mass is 438 g/mol. The molecule has 148 valence electrons. The van der Waals surface area contributed by atoms with Crippen LogP contribution in [0.15, 0.2) is 65.0 Å². The number of hydrogen-bond acceptors (Lipinski definition) is 6. The first-order valence-electron chi connectivity index (χ1n) is 9.41. The lowest BCUT2D eigenvalue weighted by atomic mass is 10.1. The van der Waals surface area contributed by atoms with Crippen LogP contribution in [0.5, 0.6) is 0 Å². The van der Waals surface area contributed by atoms with Crippen molar-refractivity contribution in [1.82, 2.24) is 19.7 Å². The third-order valence-electron chi connectivity index (χ3n) is 4.40. The topological polar surface area (TPSA) is 43.6 Å². The Morgan fingerprint density at radius 2 is 1.93 bits per heavy atom. The Morgan fingerprint density at radius 3 is 2.66 bits per heavy atom. The van der Waals surface area contributed by atoms with Crippen molar-refractivity contribution in [3.63, 3.8) is 0 Å². The smallest absolute Gasteiger partial charge is 0.192 e. The van der Waals surface area contributed by atoms with Crippen molar-refractivity contribution < 1.29 is 0 Å². The summed E-state index contributed by atoms with van der Waals surface area (Å²) < 4.78 is 2.13. The average Bonchev–Trinajstić information content (AvgIpc) is 3.47. The van der Waals surface area contributed by atoms with Crippen LogP contribution in [0, 0.1) is 0 Å². The van der Waals surface area contributed by atoms with Crippen molar-refractivity contribution in [2.45, 2.75) is 37.2 Å². The maximum Gasteiger partial charge on any atom is 0.192 e. The molecule has 0 aliphatic heterocycles. The summed E-state index contributed by atoms with van der Waals surface area (Å²) in [5.74, 6) is 2.18. The van der Waals surface area contributed by atoms with Crippen molar-refractivity contribution in [3.05, 3.63) is 70.4 Å². The number of thioether (sulfide) groups is 1. The predicted molar refractivity (Wildman–Crippen MR) is 125 cm³/mol. The molecule has 0 bridgehead atoms. The molecule has 7 heteroatoms. The fourth-order valence-electron chi connectivity index (χ4n) is 2.90. The van der Waals surface area contributed by atoms with Gasteiger partial charge in [0.1, 0.15) is 5.01 Å². The van der Waals surface area contributed by atoms with Crippen molar-refractivity contribution in [2.75, 3.05) is 0 Å². The molecule has 3 heterocycles. The third-order valence-corrected chi connectivity index (χ3v) is 7.57. The van der Waals surface area contributed by atoms with E-state index in [1.54, 1.807) is 34.4 Å². The van der Waals surface area contributed by atoms with Crippen LogP contribution in [0.4, 0.5) is 0 Å². The van der Waals surface area contributed by atoms with Gasteiger partial charge < -0.3 is 0 Å². The van der Waals surface area contributed by atoms with E-state index in [2.05, 4.69) is 64.2 Å². The molecule has 3 aromatic heterocycles. The largest absolute Gasteiger partial charge is 0.298 e. The molecule has 0 atom stereocenters. The van der Waals surface area contributed by atoms with Gasteiger partial charge in [-0.25, -0.2) is 4.98 Å². The number of aromatic nitrogens is 4. The number of allylic oxidation sites excluding steroid dienone is 1. The zero-order chi connectivity index (χ0) is 20.2. The first kappa shape index (κ1) is 20.1. The molecular formula is C22H22N4S3. The van der Waals surface area contributed by atoms with E-state index in [4.69, 9.17) is 4.98 Å². The molecule has 4 nitrogen and oxygen atoms in total. The highest BCUT2D eigenvalue weighted by molar-refractivity contribution is 7.98. The van der Waals surface area contributed by atoms with E-state index in [1.165, 1.54) is 4.88 Å². The molecule has 0 N–H and O–H groups in total. The summed E-state index contributed by atoms with van der Waals surface area (Å²) >= 11 is 5.12. The molecule has 0 aliphatic rings. The van der Waals surface area contributed by atoms with Gasteiger partial charge in [0.25, 0.3) is 0 Å². The summed E-state index contributed by atoms with van der Waals surface area (Å²) in [4.78, 5) is 6.14. The molecule has 0 fully saturated rings. The molecule has 0 aliphatic carbocycles. The summed E-state index contributed by atoms with van der Waals surface area (Å²) in [6.07, 6.45) is 1.89. The Bertz CT molecular complexity index is 1090. The maximum atomic E-state index is 4.78. The van der Waals surface area contributed by atoms with E-state index in [0.717, 1.165) is 38.6 Å². The van der Waals surface area contributed by atoms with Crippen LogP contribution in [0.25, 0.3) is 22.0 Å². The first-order valence-corrected chi connectivity index (χ1v) is 12.2. The summed E-state index contributed by atoms with van der Waals surface area (Å²) in [6.45, 7) is 9.01. The van der Waals surface area contributed by atoms with Gasteiger partial charge in [-0.15, -0.1) is 39.4 Å². The molecule has 0 saturated heterocycles. The molecule has 0 radical (unpaired) electrons. The third kappa shape index (κ3) is 4.52. The lowest BCUT2D eigenvalue weighted by Gasteiger charge is -2.06. The lowest BCUT2D eigenvalue weighted by molar-refractivity contribution is 0.731. The van der Waals surface area contributed by atoms with Crippen molar-refractivity contribution in [1.29, 1.82) is 0 Å². The Morgan fingerprint density at radius 1 is 1.10 bits per heavy atom. The van der Waals surface area contributed by atoms with Gasteiger partial charge in [0, 0.05) is 39.1 Å². The molecule has 0 spiro atoms. The van der Waals surface area contributed by atoms with Gasteiger partial charge in [0.05, 0.1) is 5.69 Å². The van der Waals surface area contributed by atoms with E-state index in [9.17, 15) is 0 Å². The van der Waals surface area contributed by atoms with Crippen LogP contribution in [0.3, 0.4) is 0 Å². The zero-order valence-electron chi connectivity index (χ0n) is 16.4. The Hall–Kier alpha value is -2.22. The highest BCUT2D eigenvalue weighted by Gasteiger charge is 2.16. The second-order valence-electron chi connectivity index (χ2n) is 6.90. The highest BCUT2D eigenvalue weighted by Crippen LogP contribution is 2.32. The number of hydrogen-bond donors (Lipinski definition) is 0. The quantitative estimate of drug-likeness (QED) is 0.226.